The molecule has 20 heavy (non-hydrogen) atoms. The molecule has 1 fully saturated rings. The number of benzene rings is 1. The molecular formula is C18H26FN. The Hall–Kier alpha value is -0.890. The first kappa shape index (κ1) is 14.1. The quantitative estimate of drug-likeness (QED) is 0.845. The van der Waals surface area contributed by atoms with E-state index in [1.807, 2.05) is 6.07 Å². The molecule has 110 valence electrons. The molecule has 2 heteroatoms. The third-order valence-corrected chi connectivity index (χ3v) is 5.29. The Kier molecular flexibility index (Phi) is 4.40. The number of nitrogens with one attached hydrogen (secondary N) is 1. The van der Waals surface area contributed by atoms with E-state index in [-0.39, 0.29) is 5.82 Å². The molecule has 1 unspecified atom stereocenters. The Balaban J connectivity index is 1.48. The molecule has 0 radical (unpaired) electrons. The van der Waals surface area contributed by atoms with E-state index in [0.29, 0.717) is 6.04 Å². The molecule has 0 heterocycles. The van der Waals surface area contributed by atoms with Gasteiger partial charge in [-0.15, -0.1) is 0 Å². The Morgan fingerprint density at radius 1 is 1.15 bits per heavy atom. The maximum absolute atomic E-state index is 13.7. The third kappa shape index (κ3) is 3.06. The topological polar surface area (TPSA) is 12.0 Å². The van der Waals surface area contributed by atoms with Crippen molar-refractivity contribution in [3.05, 3.63) is 35.1 Å². The zero-order valence-corrected chi connectivity index (χ0v) is 12.5. The number of fused-ring (bicyclic) bond motifs is 1. The lowest BCUT2D eigenvalue weighted by Gasteiger charge is -2.26. The van der Waals surface area contributed by atoms with Gasteiger partial charge in [0.2, 0.25) is 0 Å². The summed E-state index contributed by atoms with van der Waals surface area (Å²) in [6.45, 7) is 3.46. The number of rotatable bonds is 4. The lowest BCUT2D eigenvalue weighted by molar-refractivity contribution is 0.272. The average molecular weight is 275 g/mol. The van der Waals surface area contributed by atoms with E-state index in [1.54, 1.807) is 6.07 Å². The van der Waals surface area contributed by atoms with Crippen LogP contribution in [0, 0.1) is 17.7 Å². The monoisotopic (exact) mass is 275 g/mol. The van der Waals surface area contributed by atoms with Crippen LogP contribution < -0.4 is 5.32 Å². The Bertz CT molecular complexity index is 449. The van der Waals surface area contributed by atoms with Crippen molar-refractivity contribution in [2.75, 3.05) is 6.54 Å². The van der Waals surface area contributed by atoms with Gasteiger partial charge in [-0.25, -0.2) is 4.39 Å². The molecule has 1 saturated carbocycles. The largest absolute Gasteiger partial charge is 0.310 e. The van der Waals surface area contributed by atoms with Crippen LogP contribution in [0.5, 0.6) is 0 Å². The molecule has 0 amide bonds. The Morgan fingerprint density at radius 3 is 2.75 bits per heavy atom. The first-order valence-electron chi connectivity index (χ1n) is 8.24. The second kappa shape index (κ2) is 6.26. The molecule has 0 saturated heterocycles. The molecule has 1 N–H and O–H groups in total. The molecule has 0 aromatic heterocycles. The molecule has 2 aliphatic rings. The summed E-state index contributed by atoms with van der Waals surface area (Å²) in [6, 6.07) is 5.90. The predicted octanol–water partition coefficient (Wildman–Crippen LogP) is 4.62. The van der Waals surface area contributed by atoms with E-state index < -0.39 is 0 Å². The van der Waals surface area contributed by atoms with Gasteiger partial charge in [0.25, 0.3) is 0 Å². The van der Waals surface area contributed by atoms with Crippen molar-refractivity contribution in [2.45, 2.75) is 57.9 Å². The summed E-state index contributed by atoms with van der Waals surface area (Å²) >= 11 is 0. The average Bonchev–Trinajstić information content (AvgIpc) is 2.86. The molecule has 2 aliphatic carbocycles. The summed E-state index contributed by atoms with van der Waals surface area (Å²) in [5, 5.41) is 3.66. The van der Waals surface area contributed by atoms with Crippen molar-refractivity contribution in [1.29, 1.82) is 0 Å². The molecule has 0 spiro atoms. The normalized spacial score (nSPS) is 29.4. The summed E-state index contributed by atoms with van der Waals surface area (Å²) in [5.41, 5.74) is 2.14. The molecular weight excluding hydrogens is 249 g/mol. The first-order valence-corrected chi connectivity index (χ1v) is 8.24. The minimum Gasteiger partial charge on any atom is -0.310 e. The van der Waals surface area contributed by atoms with E-state index in [4.69, 9.17) is 0 Å². The van der Waals surface area contributed by atoms with Crippen LogP contribution in [0.2, 0.25) is 0 Å². The Labute approximate surface area is 122 Å². The van der Waals surface area contributed by atoms with Crippen LogP contribution in [-0.2, 0) is 6.42 Å². The highest BCUT2D eigenvalue weighted by atomic mass is 19.1. The van der Waals surface area contributed by atoms with Gasteiger partial charge < -0.3 is 5.32 Å². The van der Waals surface area contributed by atoms with Gasteiger partial charge in [0, 0.05) is 6.04 Å². The molecule has 1 nitrogen and oxygen atoms in total. The lowest BCUT2D eigenvalue weighted by atomic mass is 9.81. The fourth-order valence-electron chi connectivity index (χ4n) is 3.90. The van der Waals surface area contributed by atoms with Gasteiger partial charge in [-0.2, -0.15) is 0 Å². The van der Waals surface area contributed by atoms with Gasteiger partial charge in [0.1, 0.15) is 5.82 Å². The summed E-state index contributed by atoms with van der Waals surface area (Å²) in [7, 11) is 0. The minimum atomic E-state index is -0.0203. The number of hydrogen-bond acceptors (Lipinski definition) is 1. The van der Waals surface area contributed by atoms with Gasteiger partial charge in [0.15, 0.2) is 0 Å². The second-order valence-electron chi connectivity index (χ2n) is 6.77. The van der Waals surface area contributed by atoms with Crippen molar-refractivity contribution in [3.8, 4) is 0 Å². The maximum Gasteiger partial charge on any atom is 0.126 e. The van der Waals surface area contributed by atoms with Crippen molar-refractivity contribution < 1.29 is 4.39 Å². The molecule has 0 bridgehead atoms. The van der Waals surface area contributed by atoms with Crippen LogP contribution in [0.15, 0.2) is 18.2 Å². The fourth-order valence-corrected chi connectivity index (χ4v) is 3.90. The molecule has 3 rings (SSSR count). The van der Waals surface area contributed by atoms with Crippen LogP contribution in [0.25, 0.3) is 0 Å². The van der Waals surface area contributed by atoms with Gasteiger partial charge >= 0.3 is 0 Å². The zero-order valence-electron chi connectivity index (χ0n) is 12.5. The molecule has 1 aromatic carbocycles. The fraction of sp³-hybridized carbons (Fsp3) is 0.667. The smallest absolute Gasteiger partial charge is 0.126 e. The number of hydrogen-bond donors (Lipinski definition) is 1. The van der Waals surface area contributed by atoms with E-state index >= 15 is 0 Å². The van der Waals surface area contributed by atoms with Gasteiger partial charge in [0.05, 0.1) is 0 Å². The summed E-state index contributed by atoms with van der Waals surface area (Å²) < 4.78 is 13.7. The van der Waals surface area contributed by atoms with Gasteiger partial charge in [-0.05, 0) is 54.8 Å². The van der Waals surface area contributed by atoms with Crippen molar-refractivity contribution in [2.24, 2.45) is 11.8 Å². The minimum absolute atomic E-state index is 0.0203. The predicted molar refractivity (Wildman–Crippen MR) is 81.2 cm³/mol. The summed E-state index contributed by atoms with van der Waals surface area (Å²) in [5.74, 6) is 1.82. The van der Waals surface area contributed by atoms with Crippen molar-refractivity contribution in [1.82, 2.24) is 5.32 Å². The van der Waals surface area contributed by atoms with Crippen molar-refractivity contribution in [3.63, 3.8) is 0 Å². The standard InChI is InChI=1S/C18H26FN/c1-13-5-7-14(8-6-13)11-12-20-18-10-9-15-16(18)3-2-4-17(15)19/h2-4,13-14,18,20H,5-12H2,1H3. The van der Waals surface area contributed by atoms with E-state index in [2.05, 4.69) is 18.3 Å². The van der Waals surface area contributed by atoms with E-state index in [0.717, 1.165) is 36.8 Å². The highest BCUT2D eigenvalue weighted by Gasteiger charge is 2.24. The SMILES string of the molecule is CC1CCC(CCNC2CCc3c(F)cccc32)CC1. The van der Waals surface area contributed by atoms with Crippen molar-refractivity contribution >= 4 is 0 Å². The van der Waals surface area contributed by atoms with Crippen LogP contribution in [0.3, 0.4) is 0 Å². The summed E-state index contributed by atoms with van der Waals surface area (Å²) in [6.07, 6.45) is 8.84. The van der Waals surface area contributed by atoms with Crippen LogP contribution in [0.1, 0.15) is 62.6 Å². The Morgan fingerprint density at radius 2 is 1.95 bits per heavy atom. The lowest BCUT2D eigenvalue weighted by Crippen LogP contribution is -2.24. The second-order valence-corrected chi connectivity index (χ2v) is 6.77. The highest BCUT2D eigenvalue weighted by molar-refractivity contribution is 5.35. The van der Waals surface area contributed by atoms with E-state index in [9.17, 15) is 4.39 Å². The van der Waals surface area contributed by atoms with Crippen LogP contribution in [0.4, 0.5) is 4.39 Å². The third-order valence-electron chi connectivity index (χ3n) is 5.29. The van der Waals surface area contributed by atoms with Gasteiger partial charge in [-0.3, -0.25) is 0 Å². The summed E-state index contributed by atoms with van der Waals surface area (Å²) in [4.78, 5) is 0. The molecule has 1 atom stereocenters. The highest BCUT2D eigenvalue weighted by Crippen LogP contribution is 2.33. The van der Waals surface area contributed by atoms with Crippen LogP contribution in [-0.4, -0.2) is 6.54 Å². The first-order chi connectivity index (χ1) is 9.74. The van der Waals surface area contributed by atoms with Crippen LogP contribution >= 0.6 is 0 Å². The van der Waals surface area contributed by atoms with E-state index in [1.165, 1.54) is 37.7 Å². The molecule has 0 aliphatic heterocycles. The zero-order chi connectivity index (χ0) is 13.9. The van der Waals surface area contributed by atoms with Gasteiger partial charge in [-0.1, -0.05) is 44.7 Å². The number of halogens is 1. The maximum atomic E-state index is 13.7. The molecule has 1 aromatic rings.